The van der Waals surface area contributed by atoms with Gasteiger partial charge in [-0.3, -0.25) is 10.1 Å². The fourth-order valence-electron chi connectivity index (χ4n) is 1.54. The SMILES string of the molecule is NCc1ccc(Oc2ccc(Cl)cc2[N+](=O)[O-])cc1. The first-order valence-electron chi connectivity index (χ1n) is 5.51. The number of nitrogens with zero attached hydrogens (tertiary/aromatic N) is 1. The molecule has 0 saturated carbocycles. The van der Waals surface area contributed by atoms with Crippen LogP contribution in [-0.2, 0) is 6.54 Å². The lowest BCUT2D eigenvalue weighted by Crippen LogP contribution is -1.96. The zero-order valence-corrected chi connectivity index (χ0v) is 10.6. The van der Waals surface area contributed by atoms with E-state index in [0.29, 0.717) is 12.3 Å². The van der Waals surface area contributed by atoms with Crippen LogP contribution in [0.25, 0.3) is 0 Å². The van der Waals surface area contributed by atoms with Gasteiger partial charge in [0.25, 0.3) is 0 Å². The van der Waals surface area contributed by atoms with Gasteiger partial charge in [-0.1, -0.05) is 23.7 Å². The van der Waals surface area contributed by atoms with Gasteiger partial charge in [0.1, 0.15) is 5.75 Å². The normalized spacial score (nSPS) is 10.2. The molecule has 5 nitrogen and oxygen atoms in total. The summed E-state index contributed by atoms with van der Waals surface area (Å²) in [6, 6.07) is 11.3. The summed E-state index contributed by atoms with van der Waals surface area (Å²) in [6.07, 6.45) is 0. The Hall–Kier alpha value is -2.11. The van der Waals surface area contributed by atoms with E-state index in [1.807, 2.05) is 0 Å². The molecule has 6 heteroatoms. The van der Waals surface area contributed by atoms with Gasteiger partial charge in [0.2, 0.25) is 5.75 Å². The minimum absolute atomic E-state index is 0.148. The molecule has 0 radical (unpaired) electrons. The molecule has 0 aliphatic heterocycles. The van der Waals surface area contributed by atoms with Gasteiger partial charge in [-0.2, -0.15) is 0 Å². The minimum atomic E-state index is -0.532. The van der Waals surface area contributed by atoms with Gasteiger partial charge in [0.05, 0.1) is 4.92 Å². The van der Waals surface area contributed by atoms with Crippen LogP contribution in [0.15, 0.2) is 42.5 Å². The number of rotatable bonds is 4. The van der Waals surface area contributed by atoms with Crippen molar-refractivity contribution in [2.24, 2.45) is 5.73 Å². The highest BCUT2D eigenvalue weighted by Crippen LogP contribution is 2.33. The third-order valence-corrected chi connectivity index (χ3v) is 2.74. The lowest BCUT2D eigenvalue weighted by molar-refractivity contribution is -0.385. The van der Waals surface area contributed by atoms with Crippen LogP contribution >= 0.6 is 11.6 Å². The standard InChI is InChI=1S/C13H11ClN2O3/c14-10-3-6-13(12(7-10)16(17)18)19-11-4-1-9(8-15)2-5-11/h1-7H,8,15H2. The maximum atomic E-state index is 10.9. The van der Waals surface area contributed by atoms with E-state index in [-0.39, 0.29) is 16.5 Å². The second-order valence-electron chi connectivity index (χ2n) is 3.82. The Bertz CT molecular complexity index is 599. The molecule has 0 saturated heterocycles. The molecule has 0 spiro atoms. The maximum Gasteiger partial charge on any atom is 0.313 e. The molecule has 2 aromatic rings. The summed E-state index contributed by atoms with van der Waals surface area (Å²) < 4.78 is 5.48. The van der Waals surface area contributed by atoms with Crippen molar-refractivity contribution in [2.45, 2.75) is 6.54 Å². The monoisotopic (exact) mass is 278 g/mol. The van der Waals surface area contributed by atoms with Gasteiger partial charge in [-0.05, 0) is 29.8 Å². The van der Waals surface area contributed by atoms with Crippen molar-refractivity contribution >= 4 is 17.3 Å². The third kappa shape index (κ3) is 3.21. The molecule has 0 fully saturated rings. The lowest BCUT2D eigenvalue weighted by Gasteiger charge is -2.07. The van der Waals surface area contributed by atoms with Gasteiger partial charge in [0.15, 0.2) is 0 Å². The van der Waals surface area contributed by atoms with E-state index >= 15 is 0 Å². The number of halogens is 1. The molecule has 0 unspecified atom stereocenters. The zero-order valence-electron chi connectivity index (χ0n) is 9.88. The highest BCUT2D eigenvalue weighted by molar-refractivity contribution is 6.30. The van der Waals surface area contributed by atoms with E-state index < -0.39 is 4.92 Å². The molecule has 0 amide bonds. The number of nitro benzene ring substituents is 1. The number of hydrogen-bond donors (Lipinski definition) is 1. The second-order valence-corrected chi connectivity index (χ2v) is 4.26. The predicted octanol–water partition coefficient (Wildman–Crippen LogP) is 3.50. The summed E-state index contributed by atoms with van der Waals surface area (Å²) >= 11 is 5.73. The van der Waals surface area contributed by atoms with Crippen molar-refractivity contribution in [3.05, 3.63) is 63.2 Å². The quantitative estimate of drug-likeness (QED) is 0.686. The first-order chi connectivity index (χ1) is 9.10. The van der Waals surface area contributed by atoms with Crippen LogP contribution in [0, 0.1) is 10.1 Å². The summed E-state index contributed by atoms with van der Waals surface area (Å²) in [7, 11) is 0. The van der Waals surface area contributed by atoms with E-state index in [2.05, 4.69) is 0 Å². The smallest absolute Gasteiger partial charge is 0.313 e. The molecule has 0 atom stereocenters. The molecule has 2 N–H and O–H groups in total. The minimum Gasteiger partial charge on any atom is -0.450 e. The van der Waals surface area contributed by atoms with E-state index in [1.165, 1.54) is 18.2 Å². The fourth-order valence-corrected chi connectivity index (χ4v) is 1.71. The third-order valence-electron chi connectivity index (χ3n) is 2.50. The van der Waals surface area contributed by atoms with Crippen molar-refractivity contribution in [1.82, 2.24) is 0 Å². The summed E-state index contributed by atoms with van der Waals surface area (Å²) in [4.78, 5) is 10.4. The van der Waals surface area contributed by atoms with Crippen molar-refractivity contribution in [3.63, 3.8) is 0 Å². The van der Waals surface area contributed by atoms with Crippen LogP contribution in [0.5, 0.6) is 11.5 Å². The molecule has 98 valence electrons. The molecule has 0 aromatic heterocycles. The topological polar surface area (TPSA) is 78.4 Å². The number of benzene rings is 2. The molecular formula is C13H11ClN2O3. The van der Waals surface area contributed by atoms with Crippen LogP contribution in [0.4, 0.5) is 5.69 Å². The average Bonchev–Trinajstić information content (AvgIpc) is 2.41. The van der Waals surface area contributed by atoms with Crippen LogP contribution < -0.4 is 10.5 Å². The summed E-state index contributed by atoms with van der Waals surface area (Å²) in [5.74, 6) is 0.650. The van der Waals surface area contributed by atoms with Crippen LogP contribution in [0.2, 0.25) is 5.02 Å². The molecule has 2 aromatic carbocycles. The average molecular weight is 279 g/mol. The molecule has 0 bridgehead atoms. The Balaban J connectivity index is 2.29. The number of nitro groups is 1. The molecule has 0 heterocycles. The van der Waals surface area contributed by atoms with Crippen LogP contribution in [0.3, 0.4) is 0 Å². The van der Waals surface area contributed by atoms with E-state index in [4.69, 9.17) is 22.1 Å². The van der Waals surface area contributed by atoms with E-state index in [0.717, 1.165) is 5.56 Å². The number of hydrogen-bond acceptors (Lipinski definition) is 4. The highest BCUT2D eigenvalue weighted by Gasteiger charge is 2.16. The molecule has 19 heavy (non-hydrogen) atoms. The Morgan fingerprint density at radius 2 is 1.89 bits per heavy atom. The first kappa shape index (κ1) is 13.3. The van der Waals surface area contributed by atoms with Crippen LogP contribution in [0.1, 0.15) is 5.56 Å². The largest absolute Gasteiger partial charge is 0.450 e. The molecule has 2 rings (SSSR count). The van der Waals surface area contributed by atoms with Gasteiger partial charge in [-0.25, -0.2) is 0 Å². The van der Waals surface area contributed by atoms with Crippen LogP contribution in [-0.4, -0.2) is 4.92 Å². The fraction of sp³-hybridized carbons (Fsp3) is 0.0769. The summed E-state index contributed by atoms with van der Waals surface area (Å²) in [6.45, 7) is 0.432. The van der Waals surface area contributed by atoms with E-state index in [9.17, 15) is 10.1 Å². The van der Waals surface area contributed by atoms with Crippen molar-refractivity contribution < 1.29 is 9.66 Å². The van der Waals surface area contributed by atoms with Crippen molar-refractivity contribution in [1.29, 1.82) is 0 Å². The summed E-state index contributed by atoms with van der Waals surface area (Å²) in [5.41, 5.74) is 6.27. The van der Waals surface area contributed by atoms with Crippen molar-refractivity contribution in [3.8, 4) is 11.5 Å². The Morgan fingerprint density at radius 3 is 2.47 bits per heavy atom. The predicted molar refractivity (Wildman–Crippen MR) is 72.5 cm³/mol. The van der Waals surface area contributed by atoms with Gasteiger partial charge >= 0.3 is 5.69 Å². The second kappa shape index (κ2) is 5.69. The number of nitrogens with two attached hydrogens (primary N) is 1. The molecular weight excluding hydrogens is 268 g/mol. The Kier molecular flexibility index (Phi) is 3.99. The van der Waals surface area contributed by atoms with Gasteiger partial charge in [-0.15, -0.1) is 0 Å². The lowest BCUT2D eigenvalue weighted by atomic mass is 10.2. The maximum absolute atomic E-state index is 10.9. The zero-order chi connectivity index (χ0) is 13.8. The highest BCUT2D eigenvalue weighted by atomic mass is 35.5. The molecule has 0 aliphatic carbocycles. The van der Waals surface area contributed by atoms with Crippen molar-refractivity contribution in [2.75, 3.05) is 0 Å². The Morgan fingerprint density at radius 1 is 1.21 bits per heavy atom. The van der Waals surface area contributed by atoms with Gasteiger partial charge in [0, 0.05) is 17.6 Å². The summed E-state index contributed by atoms with van der Waals surface area (Å²) in [5, 5.41) is 11.2. The number of ether oxygens (including phenoxy) is 1. The Labute approximate surface area is 114 Å². The van der Waals surface area contributed by atoms with E-state index in [1.54, 1.807) is 24.3 Å². The van der Waals surface area contributed by atoms with Gasteiger partial charge < -0.3 is 10.5 Å². The first-order valence-corrected chi connectivity index (χ1v) is 5.89. The molecule has 0 aliphatic rings.